The molecule has 1 amide bonds. The van der Waals surface area contributed by atoms with Gasteiger partial charge in [-0.15, -0.1) is 11.8 Å². The maximum Gasteiger partial charge on any atom is 0.306 e. The van der Waals surface area contributed by atoms with Crippen LogP contribution < -0.4 is 10.0 Å². The van der Waals surface area contributed by atoms with Crippen LogP contribution in [0.5, 0.6) is 0 Å². The summed E-state index contributed by atoms with van der Waals surface area (Å²) in [5.74, 6) is -2.94. The highest BCUT2D eigenvalue weighted by atomic mass is 32.2. The number of halogens is 1. The summed E-state index contributed by atoms with van der Waals surface area (Å²) in [6.07, 6.45) is 1.65. The van der Waals surface area contributed by atoms with Gasteiger partial charge < -0.3 is 20.3 Å². The van der Waals surface area contributed by atoms with Gasteiger partial charge in [-0.05, 0) is 67.9 Å². The number of carbonyl (C=O) groups is 2. The second kappa shape index (κ2) is 14.9. The summed E-state index contributed by atoms with van der Waals surface area (Å²) in [5.41, 5.74) is 0.841. The van der Waals surface area contributed by atoms with Gasteiger partial charge in [0.15, 0.2) is 0 Å². The Labute approximate surface area is 238 Å². The average molecular weight is 597 g/mol. The van der Waals surface area contributed by atoms with Gasteiger partial charge in [-0.3, -0.25) is 9.59 Å². The van der Waals surface area contributed by atoms with Crippen molar-refractivity contribution in [2.75, 3.05) is 19.1 Å². The molecule has 6 unspecified atom stereocenters. The van der Waals surface area contributed by atoms with Gasteiger partial charge in [-0.2, -0.15) is 0 Å². The van der Waals surface area contributed by atoms with E-state index in [1.807, 2.05) is 30.3 Å². The molecule has 6 atom stereocenters. The third kappa shape index (κ3) is 10.2. The van der Waals surface area contributed by atoms with E-state index in [1.165, 1.54) is 36.0 Å². The van der Waals surface area contributed by atoms with Crippen molar-refractivity contribution in [3.8, 4) is 0 Å². The van der Waals surface area contributed by atoms with E-state index in [1.54, 1.807) is 7.11 Å². The molecule has 0 spiro atoms. The number of amides is 1. The van der Waals surface area contributed by atoms with Crippen LogP contribution >= 0.6 is 11.8 Å². The molecule has 12 heteroatoms. The fourth-order valence-corrected chi connectivity index (χ4v) is 6.80. The van der Waals surface area contributed by atoms with Crippen LogP contribution in [0.2, 0.25) is 0 Å². The summed E-state index contributed by atoms with van der Waals surface area (Å²) in [4.78, 5) is 26.0. The third-order valence-corrected chi connectivity index (χ3v) is 8.94. The number of carboxylic acids is 1. The number of aliphatic carboxylic acids is 1. The molecule has 4 N–H and O–H groups in total. The Hall–Kier alpha value is -2.51. The normalized spacial score (nSPS) is 21.8. The molecule has 0 aliphatic heterocycles. The first-order valence-electron chi connectivity index (χ1n) is 13.1. The Morgan fingerprint density at radius 2 is 1.80 bits per heavy atom. The minimum Gasteiger partial charge on any atom is -0.481 e. The first-order chi connectivity index (χ1) is 18.9. The molecular formula is C28H37FN2O7S2. The number of thioether (sulfide) groups is 1. The van der Waals surface area contributed by atoms with Crippen LogP contribution in [-0.2, 0) is 30.8 Å². The Kier molecular flexibility index (Phi) is 11.9. The number of nitrogens with one attached hydrogen (secondary N) is 2. The highest BCUT2D eigenvalue weighted by Crippen LogP contribution is 2.35. The zero-order valence-electron chi connectivity index (χ0n) is 22.5. The van der Waals surface area contributed by atoms with Crippen LogP contribution in [0.1, 0.15) is 31.2 Å². The number of hydrogen-bond donors (Lipinski definition) is 4. The zero-order chi connectivity index (χ0) is 29.3. The maximum absolute atomic E-state index is 13.4. The van der Waals surface area contributed by atoms with Crippen LogP contribution in [0, 0.1) is 17.7 Å². The second-order valence-electron chi connectivity index (χ2n) is 10.2. The van der Waals surface area contributed by atoms with Crippen molar-refractivity contribution < 1.29 is 37.3 Å². The fraction of sp³-hybridized carbons (Fsp3) is 0.500. The molecule has 2 aromatic carbocycles. The van der Waals surface area contributed by atoms with Gasteiger partial charge in [0.1, 0.15) is 11.9 Å². The van der Waals surface area contributed by atoms with Crippen molar-refractivity contribution in [1.29, 1.82) is 0 Å². The smallest absolute Gasteiger partial charge is 0.306 e. The molecule has 220 valence electrons. The summed E-state index contributed by atoms with van der Waals surface area (Å²) in [6.45, 7) is 0. The average Bonchev–Trinajstić information content (AvgIpc) is 2.91. The zero-order valence-corrected chi connectivity index (χ0v) is 24.2. The van der Waals surface area contributed by atoms with Crippen molar-refractivity contribution in [2.24, 2.45) is 11.8 Å². The van der Waals surface area contributed by atoms with Crippen LogP contribution in [0.25, 0.3) is 0 Å². The van der Waals surface area contributed by atoms with Crippen molar-refractivity contribution in [3.63, 3.8) is 0 Å². The lowest BCUT2D eigenvalue weighted by Crippen LogP contribution is -2.54. The van der Waals surface area contributed by atoms with Crippen LogP contribution in [0.4, 0.5) is 4.39 Å². The van der Waals surface area contributed by atoms with Crippen LogP contribution in [0.3, 0.4) is 0 Å². The summed E-state index contributed by atoms with van der Waals surface area (Å²) < 4.78 is 45.2. The number of aliphatic hydroxyl groups is 1. The van der Waals surface area contributed by atoms with E-state index < -0.39 is 51.8 Å². The molecule has 40 heavy (non-hydrogen) atoms. The predicted octanol–water partition coefficient (Wildman–Crippen LogP) is 2.83. The van der Waals surface area contributed by atoms with Gasteiger partial charge in [-0.1, -0.05) is 30.3 Å². The Morgan fingerprint density at radius 1 is 1.12 bits per heavy atom. The maximum atomic E-state index is 13.4. The van der Waals surface area contributed by atoms with Crippen molar-refractivity contribution >= 4 is 33.7 Å². The lowest BCUT2D eigenvalue weighted by molar-refractivity contribution is -0.147. The van der Waals surface area contributed by atoms with E-state index in [2.05, 4.69) is 10.0 Å². The number of hydrogen-bond acceptors (Lipinski definition) is 7. The Morgan fingerprint density at radius 3 is 2.40 bits per heavy atom. The quantitative estimate of drug-likeness (QED) is 0.244. The molecule has 1 aliphatic carbocycles. The number of sulfonamides is 1. The Bertz CT molecular complexity index is 1210. The topological polar surface area (TPSA) is 142 Å². The molecule has 2 aromatic rings. The lowest BCUT2D eigenvalue weighted by atomic mass is 9.74. The molecular weight excluding hydrogens is 559 g/mol. The highest BCUT2D eigenvalue weighted by molar-refractivity contribution is 7.99. The van der Waals surface area contributed by atoms with Gasteiger partial charge in [0.25, 0.3) is 0 Å². The minimum atomic E-state index is -3.77. The summed E-state index contributed by atoms with van der Waals surface area (Å²) in [5, 5.41) is 23.9. The molecule has 0 saturated heterocycles. The van der Waals surface area contributed by atoms with Crippen LogP contribution in [-0.4, -0.2) is 73.9 Å². The van der Waals surface area contributed by atoms with E-state index >= 15 is 0 Å². The molecule has 0 heterocycles. The van der Waals surface area contributed by atoms with Crippen molar-refractivity contribution in [3.05, 3.63) is 66.0 Å². The molecule has 3 rings (SSSR count). The van der Waals surface area contributed by atoms with E-state index in [0.717, 1.165) is 11.8 Å². The molecule has 0 bridgehead atoms. The molecule has 1 saturated carbocycles. The first kappa shape index (κ1) is 32.0. The number of benzene rings is 2. The van der Waals surface area contributed by atoms with E-state index in [0.29, 0.717) is 24.2 Å². The van der Waals surface area contributed by atoms with Gasteiger partial charge >= 0.3 is 5.97 Å². The minimum absolute atomic E-state index is 0.0257. The first-order valence-corrected chi connectivity index (χ1v) is 16.0. The highest BCUT2D eigenvalue weighted by Gasteiger charge is 2.38. The van der Waals surface area contributed by atoms with Gasteiger partial charge in [0, 0.05) is 17.8 Å². The van der Waals surface area contributed by atoms with Gasteiger partial charge in [0.05, 0.1) is 30.4 Å². The molecule has 0 radical (unpaired) electrons. The van der Waals surface area contributed by atoms with Gasteiger partial charge in [-0.25, -0.2) is 17.5 Å². The second-order valence-corrected chi connectivity index (χ2v) is 13.1. The fourth-order valence-electron chi connectivity index (χ4n) is 5.06. The number of aliphatic hydroxyl groups excluding tert-OH is 1. The number of methoxy groups -OCH3 is 1. The summed E-state index contributed by atoms with van der Waals surface area (Å²) in [7, 11) is -2.19. The van der Waals surface area contributed by atoms with Crippen LogP contribution in [0.15, 0.2) is 59.5 Å². The largest absolute Gasteiger partial charge is 0.481 e. The van der Waals surface area contributed by atoms with E-state index in [4.69, 9.17) is 4.74 Å². The molecule has 1 aliphatic rings. The van der Waals surface area contributed by atoms with Crippen molar-refractivity contribution in [2.45, 2.75) is 61.3 Å². The molecule has 1 fully saturated rings. The predicted molar refractivity (Wildman–Crippen MR) is 151 cm³/mol. The lowest BCUT2D eigenvalue weighted by Gasteiger charge is -2.36. The number of carbonyl (C=O) groups excluding carboxylic acids is 1. The number of ether oxygens (including phenoxy) is 1. The summed E-state index contributed by atoms with van der Waals surface area (Å²) in [6, 6.07) is 12.8. The Balaban J connectivity index is 1.79. The van der Waals surface area contributed by atoms with E-state index in [9.17, 15) is 32.6 Å². The summed E-state index contributed by atoms with van der Waals surface area (Å²) >= 11 is 1.18. The van der Waals surface area contributed by atoms with Gasteiger partial charge in [0.2, 0.25) is 15.9 Å². The monoisotopic (exact) mass is 596 g/mol. The van der Waals surface area contributed by atoms with E-state index in [-0.39, 0.29) is 30.6 Å². The standard InChI is InChI=1S/C28H37FN2O7S2/c1-38-21-10-13-23(28(34)35)19(15-21)16-26(32)24(14-18-6-4-3-5-7-18)30-27(33)25(31-40(2,36)37)17-39-22-11-8-20(29)9-12-22/h3-9,11-12,19,21,23-26,31-32H,10,13-17H2,1-2H3,(H,30,33)(H,34,35). The third-order valence-electron chi connectivity index (χ3n) is 7.12. The molecule has 0 aromatic heterocycles. The van der Waals surface area contributed by atoms with Crippen molar-refractivity contribution in [1.82, 2.24) is 10.0 Å². The number of rotatable bonds is 14. The molecule has 9 nitrogen and oxygen atoms in total. The SMILES string of the molecule is COC1CCC(C(=O)O)C(CC(O)C(Cc2ccccc2)NC(=O)C(CSc2ccc(F)cc2)NS(C)(=O)=O)C1. The number of carboxylic acid groups (broad SMARTS) is 1.